The SMILES string of the molecule is N#C[C@H](NC(=O)CC(c1ccccc1)c1ccccc1)c1ccc(F)cc1. The van der Waals surface area contributed by atoms with Gasteiger partial charge in [0.25, 0.3) is 0 Å². The Morgan fingerprint density at radius 3 is 1.85 bits per heavy atom. The van der Waals surface area contributed by atoms with Crippen LogP contribution < -0.4 is 5.32 Å². The molecular formula is C23H19FN2O. The van der Waals surface area contributed by atoms with E-state index in [4.69, 9.17) is 0 Å². The molecule has 1 amide bonds. The second-order valence-corrected chi connectivity index (χ2v) is 6.26. The van der Waals surface area contributed by atoms with Crippen LogP contribution >= 0.6 is 0 Å². The summed E-state index contributed by atoms with van der Waals surface area (Å²) in [5.41, 5.74) is 2.63. The van der Waals surface area contributed by atoms with Gasteiger partial charge >= 0.3 is 0 Å². The van der Waals surface area contributed by atoms with Crippen LogP contribution in [-0.4, -0.2) is 5.91 Å². The molecule has 0 heterocycles. The number of hydrogen-bond acceptors (Lipinski definition) is 2. The number of amides is 1. The van der Waals surface area contributed by atoms with Crippen molar-refractivity contribution in [2.24, 2.45) is 0 Å². The van der Waals surface area contributed by atoms with Gasteiger partial charge in [-0.3, -0.25) is 4.79 Å². The Hall–Kier alpha value is -3.45. The molecule has 4 heteroatoms. The van der Waals surface area contributed by atoms with Crippen molar-refractivity contribution in [3.63, 3.8) is 0 Å². The number of carbonyl (C=O) groups is 1. The van der Waals surface area contributed by atoms with Crippen molar-refractivity contribution in [3.05, 3.63) is 107 Å². The maximum absolute atomic E-state index is 13.1. The van der Waals surface area contributed by atoms with Crippen molar-refractivity contribution in [2.75, 3.05) is 0 Å². The van der Waals surface area contributed by atoms with Crippen LogP contribution in [0.4, 0.5) is 4.39 Å². The molecular weight excluding hydrogens is 339 g/mol. The molecule has 0 aromatic heterocycles. The third-order valence-corrected chi connectivity index (χ3v) is 4.43. The van der Waals surface area contributed by atoms with Gasteiger partial charge in [0.15, 0.2) is 0 Å². The Labute approximate surface area is 158 Å². The second-order valence-electron chi connectivity index (χ2n) is 6.26. The Morgan fingerprint density at radius 2 is 1.37 bits per heavy atom. The molecule has 1 atom stereocenters. The second kappa shape index (κ2) is 8.77. The highest BCUT2D eigenvalue weighted by Crippen LogP contribution is 2.28. The van der Waals surface area contributed by atoms with E-state index in [0.29, 0.717) is 5.56 Å². The summed E-state index contributed by atoms with van der Waals surface area (Å²) in [5, 5.41) is 12.2. The van der Waals surface area contributed by atoms with Gasteiger partial charge in [-0.25, -0.2) is 4.39 Å². The molecule has 3 nitrogen and oxygen atoms in total. The van der Waals surface area contributed by atoms with Crippen molar-refractivity contribution < 1.29 is 9.18 Å². The van der Waals surface area contributed by atoms with E-state index in [1.165, 1.54) is 24.3 Å². The zero-order chi connectivity index (χ0) is 19.1. The lowest BCUT2D eigenvalue weighted by molar-refractivity contribution is -0.121. The van der Waals surface area contributed by atoms with Crippen molar-refractivity contribution in [1.29, 1.82) is 5.26 Å². The van der Waals surface area contributed by atoms with Crippen LogP contribution in [0.5, 0.6) is 0 Å². The first-order valence-electron chi connectivity index (χ1n) is 8.71. The van der Waals surface area contributed by atoms with Gasteiger partial charge in [-0.1, -0.05) is 72.8 Å². The minimum absolute atomic E-state index is 0.111. The predicted molar refractivity (Wildman–Crippen MR) is 102 cm³/mol. The van der Waals surface area contributed by atoms with Crippen LogP contribution in [0, 0.1) is 17.1 Å². The summed E-state index contributed by atoms with van der Waals surface area (Å²) in [6, 6.07) is 26.5. The number of nitrogens with one attached hydrogen (secondary N) is 1. The van der Waals surface area contributed by atoms with Crippen molar-refractivity contribution in [1.82, 2.24) is 5.32 Å². The first-order valence-corrected chi connectivity index (χ1v) is 8.71. The van der Waals surface area contributed by atoms with Crippen LogP contribution in [0.25, 0.3) is 0 Å². The molecule has 0 aliphatic heterocycles. The lowest BCUT2D eigenvalue weighted by Gasteiger charge is -2.19. The summed E-state index contributed by atoms with van der Waals surface area (Å²) in [6.07, 6.45) is 0.216. The summed E-state index contributed by atoms with van der Waals surface area (Å²) in [5.74, 6) is -0.724. The van der Waals surface area contributed by atoms with Gasteiger partial charge in [0.1, 0.15) is 11.9 Å². The molecule has 0 radical (unpaired) electrons. The number of halogens is 1. The fourth-order valence-electron chi connectivity index (χ4n) is 3.05. The summed E-state index contributed by atoms with van der Waals surface area (Å²) in [6.45, 7) is 0. The first-order chi connectivity index (χ1) is 13.2. The standard InChI is InChI=1S/C23H19FN2O/c24-20-13-11-19(12-14-20)22(16-25)26-23(27)15-21(17-7-3-1-4-8-17)18-9-5-2-6-10-18/h1-14,21-22H,15H2,(H,26,27)/t22-/m0/s1. The summed E-state index contributed by atoms with van der Waals surface area (Å²) >= 11 is 0. The Bertz CT molecular complexity index is 879. The highest BCUT2D eigenvalue weighted by atomic mass is 19.1. The van der Waals surface area contributed by atoms with E-state index in [0.717, 1.165) is 11.1 Å². The van der Waals surface area contributed by atoms with E-state index in [1.807, 2.05) is 60.7 Å². The number of nitriles is 1. The molecule has 0 aliphatic carbocycles. The number of hydrogen-bond donors (Lipinski definition) is 1. The molecule has 0 fully saturated rings. The molecule has 134 valence electrons. The van der Waals surface area contributed by atoms with Gasteiger partial charge in [-0.15, -0.1) is 0 Å². The maximum Gasteiger partial charge on any atom is 0.222 e. The van der Waals surface area contributed by atoms with Crippen molar-refractivity contribution >= 4 is 5.91 Å². The minimum atomic E-state index is -0.815. The van der Waals surface area contributed by atoms with E-state index < -0.39 is 6.04 Å². The Morgan fingerprint density at radius 1 is 0.852 bits per heavy atom. The number of benzene rings is 3. The molecule has 0 saturated heterocycles. The van der Waals surface area contributed by atoms with Gasteiger partial charge in [0.2, 0.25) is 5.91 Å². The highest BCUT2D eigenvalue weighted by Gasteiger charge is 2.20. The van der Waals surface area contributed by atoms with Crippen LogP contribution in [-0.2, 0) is 4.79 Å². The fraction of sp³-hybridized carbons (Fsp3) is 0.130. The molecule has 27 heavy (non-hydrogen) atoms. The molecule has 0 bridgehead atoms. The summed E-state index contributed by atoms with van der Waals surface area (Å²) < 4.78 is 13.1. The third kappa shape index (κ3) is 4.80. The molecule has 3 rings (SSSR count). The average molecular weight is 358 g/mol. The van der Waals surface area contributed by atoms with Gasteiger partial charge in [0.05, 0.1) is 6.07 Å². The highest BCUT2D eigenvalue weighted by molar-refractivity contribution is 5.78. The minimum Gasteiger partial charge on any atom is -0.337 e. The molecule has 0 spiro atoms. The van der Waals surface area contributed by atoms with Gasteiger partial charge < -0.3 is 5.32 Å². The van der Waals surface area contributed by atoms with E-state index in [9.17, 15) is 14.4 Å². The lowest BCUT2D eigenvalue weighted by Crippen LogP contribution is -2.29. The van der Waals surface area contributed by atoms with E-state index >= 15 is 0 Å². The summed E-state index contributed by atoms with van der Waals surface area (Å²) in [4.78, 5) is 12.7. The molecule has 0 aliphatic rings. The molecule has 3 aromatic carbocycles. The number of carbonyl (C=O) groups excluding carboxylic acids is 1. The maximum atomic E-state index is 13.1. The quantitative estimate of drug-likeness (QED) is 0.693. The molecule has 0 saturated carbocycles. The van der Waals surface area contributed by atoms with Crippen molar-refractivity contribution in [2.45, 2.75) is 18.4 Å². The monoisotopic (exact) mass is 358 g/mol. The number of rotatable bonds is 6. The van der Waals surface area contributed by atoms with Crippen LogP contribution in [0.15, 0.2) is 84.9 Å². The Balaban J connectivity index is 1.78. The summed E-state index contributed by atoms with van der Waals surface area (Å²) in [7, 11) is 0. The van der Waals surface area contributed by atoms with Gasteiger partial charge in [-0.05, 0) is 28.8 Å². The van der Waals surface area contributed by atoms with Crippen molar-refractivity contribution in [3.8, 4) is 6.07 Å². The van der Waals surface area contributed by atoms with Crippen LogP contribution in [0.1, 0.15) is 35.1 Å². The molecule has 3 aromatic rings. The largest absolute Gasteiger partial charge is 0.337 e. The fourth-order valence-corrected chi connectivity index (χ4v) is 3.05. The van der Waals surface area contributed by atoms with Crippen LogP contribution in [0.3, 0.4) is 0 Å². The van der Waals surface area contributed by atoms with E-state index in [1.54, 1.807) is 0 Å². The van der Waals surface area contributed by atoms with E-state index in [2.05, 4.69) is 11.4 Å². The predicted octanol–water partition coefficient (Wildman–Crippen LogP) is 4.73. The number of nitrogens with zero attached hydrogens (tertiary/aromatic N) is 1. The zero-order valence-electron chi connectivity index (χ0n) is 14.7. The van der Waals surface area contributed by atoms with Crippen LogP contribution in [0.2, 0.25) is 0 Å². The lowest BCUT2D eigenvalue weighted by atomic mass is 9.88. The van der Waals surface area contributed by atoms with E-state index in [-0.39, 0.29) is 24.1 Å². The normalized spacial score (nSPS) is 11.6. The molecule has 1 N–H and O–H groups in total. The molecule has 0 unspecified atom stereocenters. The smallest absolute Gasteiger partial charge is 0.222 e. The average Bonchev–Trinajstić information content (AvgIpc) is 2.72. The zero-order valence-corrected chi connectivity index (χ0v) is 14.7. The van der Waals surface area contributed by atoms with Gasteiger partial charge in [0, 0.05) is 12.3 Å². The first kappa shape index (κ1) is 18.3. The van der Waals surface area contributed by atoms with Gasteiger partial charge in [-0.2, -0.15) is 5.26 Å². The Kier molecular flexibility index (Phi) is 5.96. The third-order valence-electron chi connectivity index (χ3n) is 4.43. The topological polar surface area (TPSA) is 52.9 Å².